The van der Waals surface area contributed by atoms with Gasteiger partial charge in [-0.3, -0.25) is 82.8 Å². The second kappa shape index (κ2) is 33.3. The molecule has 0 spiro atoms. The molecule has 3 aromatic heterocycles. The predicted molar refractivity (Wildman–Crippen MR) is 415 cm³/mol. The van der Waals surface area contributed by atoms with Crippen LogP contribution < -0.4 is 40.0 Å². The Morgan fingerprint density at radius 1 is 0.625 bits per heavy atom. The number of nitrogens with zero attached hydrogens (tertiary/aromatic N) is 10. The van der Waals surface area contributed by atoms with Crippen LogP contribution in [0.2, 0.25) is 0 Å². The van der Waals surface area contributed by atoms with Gasteiger partial charge in [0.2, 0.25) is 29.3 Å². The molecule has 3 saturated carbocycles. The lowest BCUT2D eigenvalue weighted by atomic mass is 9.49. The molecule has 592 valence electrons. The molecule has 112 heavy (non-hydrogen) atoms. The smallest absolute Gasteiger partial charge is 0.337 e. The number of amides is 9. The molecule has 3 aromatic carbocycles. The molecule has 6 aromatic rings. The number of hydrogen-bond acceptors (Lipinski definition) is 20. The van der Waals surface area contributed by atoms with Crippen molar-refractivity contribution in [1.29, 1.82) is 0 Å². The molecule has 4 N–H and O–H groups in total. The summed E-state index contributed by atoms with van der Waals surface area (Å²) in [6, 6.07) is 23.7. The minimum atomic E-state index is -1.01. The fraction of sp³-hybridized carbons (Fsp3) is 0.500. The monoisotopic (exact) mass is 1530 g/mol. The van der Waals surface area contributed by atoms with Crippen LogP contribution in [0.25, 0.3) is 15.7 Å². The van der Waals surface area contributed by atoms with Crippen molar-refractivity contribution in [3.63, 3.8) is 0 Å². The fourth-order valence-corrected chi connectivity index (χ4v) is 18.0. The summed E-state index contributed by atoms with van der Waals surface area (Å²) in [5, 5.41) is 17.6. The van der Waals surface area contributed by atoms with Crippen LogP contribution in [0.4, 0.5) is 21.7 Å². The number of hydrogen-bond donors (Lipinski definition) is 4. The van der Waals surface area contributed by atoms with Gasteiger partial charge in [0.1, 0.15) is 59.3 Å². The summed E-state index contributed by atoms with van der Waals surface area (Å²) in [4.78, 5) is 154. The number of carbonyl (C=O) groups is 10. The molecular weight excluding hydrogens is 1430 g/mol. The first kappa shape index (κ1) is 79.3. The third kappa shape index (κ3) is 16.2. The summed E-state index contributed by atoms with van der Waals surface area (Å²) < 4.78 is 34.7. The average molecular weight is 1540 g/mol. The lowest BCUT2D eigenvalue weighted by molar-refractivity contribution is -0.163. The highest BCUT2D eigenvalue weighted by Crippen LogP contribution is 2.56. The van der Waals surface area contributed by atoms with E-state index in [1.54, 1.807) is 67.0 Å². The van der Waals surface area contributed by atoms with Crippen molar-refractivity contribution >= 4 is 87.4 Å². The van der Waals surface area contributed by atoms with Gasteiger partial charge in [-0.05, 0) is 157 Å². The standard InChI is InChI=1S/C50H56N8O7.C32H37N5O7.CH3F.CH4/c1-28(2)57(31-23-33(24-31)64-32-11-12-34-36(25-32)46(63)58(45(34)62)38-14-17-41(59)54-44(38)61)27-29-18-21-56(22-19-29)40-16-10-30(26-53-40)43(60)55-47-49(3,4)48(50(47,5)6)65-39-15-13-37(51-7)42-35(39)9-8-20-52-42;1-18(2)36(17-19-9-11-35(12-10-19)27-7-3-20(16-33-27)32(42)43)21-13-23(14-21)44-22-4-5-24-25(15-22)31(41)37(30(24)40)26-6-8-28(38)34-29(26)39;1-2;/h8-13,15-16,20,25-26,28-29,31,33,38,47-48H,14,17-19,21-24,27H2,1-6H3,(H,55,60)(H,54,59,61);3-5,7,15-16,18-19,21,23,26H,6,8-14,17H2,1-2H3,(H,42,43)(H,34,38,39);1H3;1H4/i;;1D;. The van der Waals surface area contributed by atoms with E-state index >= 15 is 0 Å². The van der Waals surface area contributed by atoms with Crippen LogP contribution in [0.3, 0.4) is 0 Å². The normalized spacial score (nSPS) is 24.1. The van der Waals surface area contributed by atoms with Crippen molar-refractivity contribution in [1.82, 2.24) is 50.5 Å². The zero-order chi connectivity index (χ0) is 79.8. The van der Waals surface area contributed by atoms with Crippen molar-refractivity contribution in [2.75, 3.05) is 56.2 Å². The number of fused-ring (bicyclic) bond motifs is 3. The summed E-state index contributed by atoms with van der Waals surface area (Å²) in [5.74, 6) is -0.876. The van der Waals surface area contributed by atoms with E-state index in [9.17, 15) is 52.3 Å². The molecule has 2 atom stereocenters. The number of carboxylic acid groups (broad SMARTS) is 1. The number of carboxylic acids is 1. The molecular formula is C84H100FN13O14. The highest BCUT2D eigenvalue weighted by Gasteiger charge is 2.64. The Balaban J connectivity index is 0.000000215. The first-order valence-electron chi connectivity index (χ1n) is 39.0. The Bertz CT molecular complexity index is 4670. The van der Waals surface area contributed by atoms with Gasteiger partial charge in [-0.1, -0.05) is 41.2 Å². The number of nitrogens with one attached hydrogen (secondary N) is 3. The number of ether oxygens (including phenoxy) is 3. The van der Waals surface area contributed by atoms with Gasteiger partial charge in [-0.2, -0.15) is 0 Å². The molecule has 7 fully saturated rings. The Morgan fingerprint density at radius 2 is 1.07 bits per heavy atom. The zero-order valence-electron chi connectivity index (χ0n) is 64.8. The number of halogens is 1. The van der Waals surface area contributed by atoms with Crippen LogP contribution in [-0.4, -0.2) is 206 Å². The Labute approximate surface area is 652 Å². The maximum Gasteiger partial charge on any atom is 0.337 e. The van der Waals surface area contributed by atoms with Gasteiger partial charge in [0.15, 0.2) is 0 Å². The Morgan fingerprint density at radius 3 is 1.48 bits per heavy atom. The van der Waals surface area contributed by atoms with Crippen molar-refractivity contribution in [2.24, 2.45) is 22.7 Å². The number of aromatic carboxylic acids is 1. The summed E-state index contributed by atoms with van der Waals surface area (Å²) in [6.07, 6.45) is 12.5. The van der Waals surface area contributed by atoms with Crippen molar-refractivity contribution < 1.29 is 73.0 Å². The van der Waals surface area contributed by atoms with Crippen LogP contribution in [0.1, 0.15) is 203 Å². The Hall–Kier alpha value is -10.8. The number of pyridine rings is 3. The molecule has 4 saturated heterocycles. The SMILES string of the molecule is C.CC(C)N(CC1CCN(c2ccc(C(=O)O)cn2)CC1)C1CC(Oc2ccc3c(c2)C(=O)N(C2CCC(=O)NC2=O)C3=O)C1.[2H]CF.[C-]#[N+]c1ccc(OC2C(C)(C)C(NC(=O)c3ccc(N4CCC(CN(C(C)C)C5CC(Oc6ccc7c(c6)C(=O)N(C6CCC(=O)NC6=O)C7=O)C5)CC4)nc3)C2(C)C)c2cccnc12. The van der Waals surface area contributed by atoms with E-state index in [-0.39, 0.29) is 102 Å². The van der Waals surface area contributed by atoms with Crippen LogP contribution in [0, 0.1) is 29.2 Å². The highest BCUT2D eigenvalue weighted by atomic mass is 19.1. The van der Waals surface area contributed by atoms with E-state index in [1.165, 1.54) is 6.20 Å². The Kier molecular flexibility index (Phi) is 23.5. The van der Waals surface area contributed by atoms with E-state index in [0.29, 0.717) is 70.0 Å². The van der Waals surface area contributed by atoms with Gasteiger partial charge in [0, 0.05) is 143 Å². The molecule has 6 aliphatic heterocycles. The van der Waals surface area contributed by atoms with Crippen molar-refractivity contribution in [3.8, 4) is 17.2 Å². The number of anilines is 2. The molecule has 9 aliphatic rings. The molecule has 3 aliphatic carbocycles. The maximum atomic E-state index is 13.7. The average Bonchev–Trinajstić information content (AvgIpc) is 1.49. The van der Waals surface area contributed by atoms with Gasteiger partial charge < -0.3 is 34.4 Å². The highest BCUT2D eigenvalue weighted by molar-refractivity contribution is 6.24. The van der Waals surface area contributed by atoms with Crippen LogP contribution in [-0.2, 0) is 19.2 Å². The lowest BCUT2D eigenvalue weighted by Gasteiger charge is -2.63. The fourth-order valence-electron chi connectivity index (χ4n) is 18.0. The molecule has 0 bridgehead atoms. The first-order valence-corrected chi connectivity index (χ1v) is 38.3. The van der Waals surface area contributed by atoms with Crippen LogP contribution >= 0.6 is 0 Å². The molecule has 0 radical (unpaired) electrons. The number of aromatic nitrogens is 3. The van der Waals surface area contributed by atoms with Crippen LogP contribution in [0.5, 0.6) is 17.2 Å². The van der Waals surface area contributed by atoms with E-state index in [1.807, 2.05) is 30.3 Å². The molecule has 15 rings (SSSR count). The van der Waals surface area contributed by atoms with E-state index in [2.05, 4.69) is 106 Å². The summed E-state index contributed by atoms with van der Waals surface area (Å²) in [5.41, 5.74) is 1.94. The second-order valence-electron chi connectivity index (χ2n) is 32.2. The van der Waals surface area contributed by atoms with Gasteiger partial charge >= 0.3 is 5.97 Å². The molecule has 28 heteroatoms. The third-order valence-corrected chi connectivity index (χ3v) is 23.8. The van der Waals surface area contributed by atoms with E-state index in [4.69, 9.17) is 32.2 Å². The first-order chi connectivity index (χ1) is 53.5. The number of piperidine rings is 4. The van der Waals surface area contributed by atoms with Crippen molar-refractivity contribution in [2.45, 2.75) is 200 Å². The minimum absolute atomic E-state index is 0. The number of alkyl halides is 1. The molecule has 9 heterocycles. The van der Waals surface area contributed by atoms with Gasteiger partial charge in [0.25, 0.3) is 29.5 Å². The summed E-state index contributed by atoms with van der Waals surface area (Å²) in [7, 11) is -1.00. The number of carbonyl (C=O) groups excluding carboxylic acids is 9. The summed E-state index contributed by atoms with van der Waals surface area (Å²) in [6.45, 7) is 30.4. The summed E-state index contributed by atoms with van der Waals surface area (Å²) >= 11 is 0. The predicted octanol–water partition coefficient (Wildman–Crippen LogP) is 10.7. The topological polar surface area (TPSA) is 317 Å². The number of imide groups is 4. The number of benzene rings is 3. The largest absolute Gasteiger partial charge is 0.490 e. The van der Waals surface area contributed by atoms with Gasteiger partial charge in [0.05, 0.1) is 54.0 Å². The minimum Gasteiger partial charge on any atom is -0.490 e. The second-order valence-corrected chi connectivity index (χ2v) is 32.2. The molecule has 2 unspecified atom stereocenters. The van der Waals surface area contributed by atoms with Gasteiger partial charge in [-0.25, -0.2) is 19.6 Å². The van der Waals surface area contributed by atoms with E-state index < -0.39 is 72.5 Å². The lowest BCUT2D eigenvalue weighted by Crippen LogP contribution is -2.74. The van der Waals surface area contributed by atoms with E-state index in [0.717, 1.165) is 117 Å². The third-order valence-electron chi connectivity index (χ3n) is 23.8. The molecule has 9 amide bonds. The van der Waals surface area contributed by atoms with Crippen molar-refractivity contribution in [3.05, 3.63) is 148 Å². The van der Waals surface area contributed by atoms with Gasteiger partial charge in [-0.15, -0.1) is 0 Å². The number of rotatable bonds is 21. The van der Waals surface area contributed by atoms with Crippen LogP contribution in [0.15, 0.2) is 104 Å². The quantitative estimate of drug-likeness (QED) is 0.0384. The molecule has 27 nitrogen and oxygen atoms in total. The zero-order valence-corrected chi connectivity index (χ0v) is 63.8. The maximum absolute atomic E-state index is 13.7.